The number of likely N-dealkylation sites (N-methyl/N-ethyl adjacent to an activating group) is 2. The van der Waals surface area contributed by atoms with Crippen LogP contribution in [0.25, 0.3) is 0 Å². The highest BCUT2D eigenvalue weighted by molar-refractivity contribution is 14.1. The van der Waals surface area contributed by atoms with Crippen molar-refractivity contribution < 1.29 is 34.8 Å². The number of aromatic hydroxyl groups is 1. The standard InChI is InChI=1S/C23H27N3O3.C22H25N3O4.C21H23N3O3.CH3I.BBr3/c1-13-4-5-14-10-19-23(29)11-15-9-16(20(24)27)21(28)26(3)18(15)12-22(23,17(14)8-13)6-7-25(19)2;1-24-6-5-21-11-17-13(7-15(19(23)27)20(28)25(17)2)10-22(21,29)18(24)8-12-3-4-14(26)9-16(12)21;1-11-2-3-12-8-17-21(27)9-13-7-14(18(22)25)19(26)24-16(13)10-20(21,4-5-23-17)15(12)6-11;1-2;2-1(3)4/h4-5,8-9,19,29H,6-7,10-12H2,1-3H3,(H2,24,27);3-4,7,9,18,26,29H,5-6,8,10-11H2,1-2H3,(H2,23,27);2-3,6-7,17,23,27H,4-5,8-10H2,1H3,(H2,22,25)(H,24,26);1H3;/t19-,22-,23-;18-,21-,22-;17-,20-,21-;;/m111../s1. The summed E-state index contributed by atoms with van der Waals surface area (Å²) in [6.45, 7) is 6.72. The zero-order valence-corrected chi connectivity index (χ0v) is 59.0. The fourth-order valence-electron chi connectivity index (χ4n) is 18.0. The summed E-state index contributed by atoms with van der Waals surface area (Å²) in [6, 6.07) is 23.1. The van der Waals surface area contributed by atoms with Crippen LogP contribution >= 0.6 is 69.9 Å². The minimum Gasteiger partial charge on any atom is -0.508 e. The lowest BCUT2D eigenvalue weighted by atomic mass is 9.49. The van der Waals surface area contributed by atoms with Crippen LogP contribution in [0.15, 0.2) is 87.2 Å². The molecule has 24 heteroatoms. The molecule has 9 atom stereocenters. The highest BCUT2D eigenvalue weighted by Crippen LogP contribution is 2.59. The number of aryl methyl sites for hydroxylation is 2. The number of hydrogen-bond donors (Lipinski definition) is 9. The number of phenolic OH excluding ortho intramolecular Hbond substituents is 1. The minimum atomic E-state index is -1.07. The monoisotopic (exact) mass is 1540 g/mol. The number of carbonyl (C=O) groups is 3. The van der Waals surface area contributed by atoms with E-state index in [9.17, 15) is 49.2 Å². The number of benzene rings is 3. The van der Waals surface area contributed by atoms with Crippen LogP contribution in [-0.2, 0) is 88.1 Å². The van der Waals surface area contributed by atoms with Crippen molar-refractivity contribution in [2.75, 3.05) is 38.7 Å². The summed E-state index contributed by atoms with van der Waals surface area (Å²) in [6.07, 6.45) is 7.38. The van der Waals surface area contributed by atoms with Crippen molar-refractivity contribution in [2.24, 2.45) is 31.3 Å². The number of phenols is 1. The molecule has 0 saturated carbocycles. The third kappa shape index (κ3) is 10.6. The SMILES string of the molecule is BrB(Br)Br.CI.CN1CC[C@]23Cc4c(cc(C(N)=O)c(=O)n4C)C[C@@]2(O)[C@H]1Cc1ccc(O)cc13.Cc1ccc2c(c1)[C@]13CCN(C)[C@H](C2)[C@]1(O)Cc1cc(C(N)=O)c(=O)n(C)c1C3.Cc1ccc2c(c1)[C@]13CCN[C@H](C2)[C@]1(O)Cc1cc(C(N)=O)c(=O)[nH]c1C3. The molecule has 9 aliphatic rings. The smallest absolute Gasteiger partial charge is 0.369 e. The van der Waals surface area contributed by atoms with Crippen molar-refractivity contribution in [3.8, 4) is 5.75 Å². The van der Waals surface area contributed by atoms with Crippen molar-refractivity contribution in [1.82, 2.24) is 29.2 Å². The molecule has 12 N–H and O–H groups in total. The van der Waals surface area contributed by atoms with Crippen LogP contribution in [0.4, 0.5) is 0 Å². The Bertz CT molecular complexity index is 4020. The lowest BCUT2D eigenvalue weighted by molar-refractivity contribution is -0.145. The summed E-state index contributed by atoms with van der Waals surface area (Å²) in [5.41, 5.74) is 24.9. The van der Waals surface area contributed by atoms with Crippen molar-refractivity contribution in [3.05, 3.63) is 199 Å². The molecule has 3 aromatic heterocycles. The van der Waals surface area contributed by atoms with E-state index in [1.807, 2.05) is 18.0 Å². The Labute approximate surface area is 567 Å². The van der Waals surface area contributed by atoms with Gasteiger partial charge in [0.05, 0.1) is 16.8 Å². The van der Waals surface area contributed by atoms with Gasteiger partial charge in [-0.05, 0) is 171 Å². The van der Waals surface area contributed by atoms with Crippen LogP contribution in [0.1, 0.15) is 129 Å². The van der Waals surface area contributed by atoms with Gasteiger partial charge >= 0.3 is 3.18 Å². The van der Waals surface area contributed by atoms with Gasteiger partial charge in [0.2, 0.25) is 0 Å². The molecule has 3 aliphatic heterocycles. The molecule has 0 unspecified atom stereocenters. The quantitative estimate of drug-likeness (QED) is 0.0660. The second-order valence-corrected chi connectivity index (χ2v) is 33.2. The van der Waals surface area contributed by atoms with Gasteiger partial charge in [0, 0.05) is 104 Å². The van der Waals surface area contributed by atoms with Crippen LogP contribution in [0, 0.1) is 13.8 Å². The van der Waals surface area contributed by atoms with Gasteiger partial charge in [-0.2, -0.15) is 0 Å². The molecule has 3 amide bonds. The van der Waals surface area contributed by atoms with E-state index in [4.69, 9.17) is 17.2 Å². The summed E-state index contributed by atoms with van der Waals surface area (Å²) in [4.78, 5) is 82.3. The lowest BCUT2D eigenvalue weighted by Crippen LogP contribution is -2.73. The maximum Gasteiger partial charge on any atom is 0.369 e. The largest absolute Gasteiger partial charge is 0.508 e. The van der Waals surface area contributed by atoms with E-state index in [-0.39, 0.29) is 49.3 Å². The van der Waals surface area contributed by atoms with E-state index in [0.717, 1.165) is 96.6 Å². The number of carbonyl (C=O) groups excluding carboxylic acids is 3. The number of halogens is 4. The molecule has 19 nitrogen and oxygen atoms in total. The number of rotatable bonds is 3. The first-order chi connectivity index (χ1) is 42.9. The number of nitrogens with two attached hydrogens (primary N) is 3. The van der Waals surface area contributed by atoms with Gasteiger partial charge in [-0.1, -0.05) is 76.2 Å². The number of aromatic nitrogens is 3. The molecule has 6 aromatic rings. The highest BCUT2D eigenvalue weighted by Gasteiger charge is 2.67. The Morgan fingerprint density at radius 1 is 0.549 bits per heavy atom. The number of hydrogen-bond acceptors (Lipinski definition) is 13. The minimum absolute atomic E-state index is 0.00336. The first-order valence-corrected chi connectivity index (χ1v) is 35.5. The van der Waals surface area contributed by atoms with E-state index < -0.39 is 61.9 Å². The zero-order chi connectivity index (χ0) is 66.0. The molecule has 3 aromatic carbocycles. The van der Waals surface area contributed by atoms with E-state index in [2.05, 4.69) is 147 Å². The normalized spacial score (nSPS) is 28.8. The molecule has 482 valence electrons. The Morgan fingerprint density at radius 2 is 0.956 bits per heavy atom. The zero-order valence-electron chi connectivity index (χ0n) is 52.1. The van der Waals surface area contributed by atoms with E-state index in [0.29, 0.717) is 44.9 Å². The molecule has 3 saturated heterocycles. The number of primary amides is 3. The maximum absolute atomic E-state index is 12.7. The fraction of sp³-hybridized carbons (Fsp3) is 0.463. The number of alkyl halides is 1. The van der Waals surface area contributed by atoms with Gasteiger partial charge in [0.15, 0.2) is 0 Å². The van der Waals surface area contributed by atoms with Crippen LogP contribution in [0.5, 0.6) is 5.75 Å². The summed E-state index contributed by atoms with van der Waals surface area (Å²) in [5, 5.41) is 50.1. The van der Waals surface area contributed by atoms with Gasteiger partial charge < -0.3 is 66.9 Å². The number of aromatic amines is 1. The Kier molecular flexibility index (Phi) is 18.1. The van der Waals surface area contributed by atoms with Crippen molar-refractivity contribution in [1.29, 1.82) is 0 Å². The lowest BCUT2D eigenvalue weighted by Gasteiger charge is -2.63. The van der Waals surface area contributed by atoms with Gasteiger partial charge in [-0.3, -0.25) is 28.8 Å². The molecule has 0 radical (unpaired) electrons. The second-order valence-electron chi connectivity index (χ2n) is 26.7. The number of likely N-dealkylation sites (tertiary alicyclic amines) is 2. The van der Waals surface area contributed by atoms with Crippen LogP contribution < -0.4 is 39.2 Å². The topological polar surface area (TPSA) is 306 Å². The van der Waals surface area contributed by atoms with Gasteiger partial charge in [0.1, 0.15) is 22.4 Å². The summed E-state index contributed by atoms with van der Waals surface area (Å²) < 4.78 is 3.35. The van der Waals surface area contributed by atoms with E-state index in [1.54, 1.807) is 49.0 Å². The Morgan fingerprint density at radius 3 is 1.42 bits per heavy atom. The summed E-state index contributed by atoms with van der Waals surface area (Å²) in [7, 11) is 7.48. The predicted molar refractivity (Wildman–Crippen MR) is 371 cm³/mol. The molecular weight excluding hydrogens is 1470 g/mol. The van der Waals surface area contributed by atoms with Crippen LogP contribution in [0.2, 0.25) is 0 Å². The average Bonchev–Trinajstić information content (AvgIpc) is 0.700. The van der Waals surface area contributed by atoms with Gasteiger partial charge in [-0.15, -0.1) is 47.3 Å². The average molecular weight is 1550 g/mol. The first kappa shape index (κ1) is 67.1. The van der Waals surface area contributed by atoms with Crippen molar-refractivity contribution in [3.63, 3.8) is 0 Å². The first-order valence-electron chi connectivity index (χ1n) is 30.6. The van der Waals surface area contributed by atoms with Gasteiger partial charge in [0.25, 0.3) is 34.4 Å². The third-order valence-electron chi connectivity index (χ3n) is 22.4. The summed E-state index contributed by atoms with van der Waals surface area (Å²) in [5.74, 6) is -2.03. The molecule has 91 heavy (non-hydrogen) atoms. The molecule has 6 bridgehead atoms. The van der Waals surface area contributed by atoms with E-state index in [1.165, 1.54) is 37.9 Å². The highest BCUT2D eigenvalue weighted by atomic mass is 127. The molecule has 6 heterocycles. The fourth-order valence-corrected chi connectivity index (χ4v) is 18.0. The Hall–Kier alpha value is -5.29. The number of nitrogens with one attached hydrogen (secondary N) is 2. The van der Waals surface area contributed by atoms with E-state index >= 15 is 0 Å². The molecule has 15 rings (SSSR count). The predicted octanol–water partition coefficient (Wildman–Crippen LogP) is 4.71. The van der Waals surface area contributed by atoms with Crippen LogP contribution in [0.3, 0.4) is 0 Å². The molecule has 3 fully saturated rings. The van der Waals surface area contributed by atoms with Gasteiger partial charge in [-0.25, -0.2) is 0 Å². The second kappa shape index (κ2) is 24.5. The Balaban J connectivity index is 0.000000134. The number of fused-ring (bicyclic) bond motifs is 6. The van der Waals surface area contributed by atoms with Crippen molar-refractivity contribution >= 4 is 90.8 Å². The third-order valence-corrected chi connectivity index (χ3v) is 22.4. The molecule has 0 spiro atoms. The number of pyridine rings is 3. The summed E-state index contributed by atoms with van der Waals surface area (Å²) >= 11 is 11.5. The number of nitrogens with zero attached hydrogens (tertiary/aromatic N) is 4. The number of amides is 3. The maximum atomic E-state index is 12.7. The molecule has 6 aliphatic carbocycles. The number of aliphatic hydroxyl groups is 3. The van der Waals surface area contributed by atoms with Crippen molar-refractivity contribution in [2.45, 2.75) is 142 Å². The number of piperidine rings is 3. The van der Waals surface area contributed by atoms with Crippen LogP contribution in [-0.4, -0.2) is 139 Å². The number of H-pyrrole nitrogens is 1. The molecular formula is C67H78BBr3IN9O10.